The number of ether oxygens (including phenoxy) is 2. The third kappa shape index (κ3) is 3.96. The lowest BCUT2D eigenvalue weighted by atomic mass is 10.1. The number of nitrogens with zero attached hydrogens (tertiary/aromatic N) is 2. The fourth-order valence-corrected chi connectivity index (χ4v) is 3.63. The van der Waals surface area contributed by atoms with Crippen LogP contribution in [0.25, 0.3) is 0 Å². The van der Waals surface area contributed by atoms with E-state index in [-0.39, 0.29) is 18.6 Å². The lowest BCUT2D eigenvalue weighted by Crippen LogP contribution is -2.50. The van der Waals surface area contributed by atoms with Crippen LogP contribution in [0.4, 0.5) is 0 Å². The average Bonchev–Trinajstić information content (AvgIpc) is 3.19. The summed E-state index contributed by atoms with van der Waals surface area (Å²) in [6.07, 6.45) is 1.11. The van der Waals surface area contributed by atoms with Gasteiger partial charge in [0.05, 0.1) is 0 Å². The summed E-state index contributed by atoms with van der Waals surface area (Å²) in [4.78, 5) is 28.9. The smallest absolute Gasteiger partial charge is 0.253 e. The summed E-state index contributed by atoms with van der Waals surface area (Å²) in [6, 6.07) is 13.4. The summed E-state index contributed by atoms with van der Waals surface area (Å²) >= 11 is 0. The number of carbonyl (C=O) groups excluding carboxylic acids is 2. The third-order valence-electron chi connectivity index (χ3n) is 5.25. The first kappa shape index (κ1) is 18.3. The Kier molecular flexibility index (Phi) is 5.19. The second-order valence-electron chi connectivity index (χ2n) is 7.23. The molecule has 0 N–H and O–H groups in total. The number of hydrogen-bond acceptors (Lipinski definition) is 4. The number of hydrogen-bond donors (Lipinski definition) is 0. The molecule has 6 nitrogen and oxygen atoms in total. The Bertz CT molecular complexity index is 888. The summed E-state index contributed by atoms with van der Waals surface area (Å²) < 4.78 is 10.7. The minimum absolute atomic E-state index is 0.0381. The molecule has 0 unspecified atom stereocenters. The van der Waals surface area contributed by atoms with Crippen molar-refractivity contribution in [2.75, 3.05) is 33.0 Å². The van der Waals surface area contributed by atoms with Crippen LogP contribution in [0, 0.1) is 6.92 Å². The van der Waals surface area contributed by atoms with Crippen LogP contribution in [0.5, 0.6) is 11.5 Å². The van der Waals surface area contributed by atoms with Crippen molar-refractivity contribution in [2.45, 2.75) is 19.8 Å². The van der Waals surface area contributed by atoms with E-state index in [1.807, 2.05) is 59.2 Å². The first-order valence-electron chi connectivity index (χ1n) is 9.62. The number of rotatable bonds is 4. The zero-order valence-electron chi connectivity index (χ0n) is 16.0. The molecule has 2 aromatic carbocycles. The van der Waals surface area contributed by atoms with Gasteiger partial charge in [-0.05, 0) is 43.2 Å². The van der Waals surface area contributed by atoms with E-state index in [0.29, 0.717) is 44.6 Å². The largest absolute Gasteiger partial charge is 0.454 e. The molecule has 1 saturated heterocycles. The van der Waals surface area contributed by atoms with Crippen LogP contribution < -0.4 is 9.47 Å². The van der Waals surface area contributed by atoms with Gasteiger partial charge in [-0.3, -0.25) is 9.59 Å². The highest BCUT2D eigenvalue weighted by Crippen LogP contribution is 2.32. The van der Waals surface area contributed by atoms with Crippen LogP contribution in [-0.2, 0) is 11.2 Å². The van der Waals surface area contributed by atoms with Crippen LogP contribution >= 0.6 is 0 Å². The molecular weight excluding hydrogens is 356 g/mol. The van der Waals surface area contributed by atoms with Gasteiger partial charge in [0.15, 0.2) is 11.5 Å². The number of piperazine rings is 1. The van der Waals surface area contributed by atoms with Gasteiger partial charge in [0.25, 0.3) is 5.91 Å². The Morgan fingerprint density at radius 2 is 1.68 bits per heavy atom. The molecule has 6 heteroatoms. The molecule has 0 aromatic heterocycles. The standard InChI is InChI=1S/C22H24N2O4/c1-16-3-2-4-18(13-16)22(26)24-11-9-23(10-12-24)21(25)8-6-17-5-7-19-20(14-17)28-15-27-19/h2-5,7,13-14H,6,8-12,15H2,1H3. The minimum Gasteiger partial charge on any atom is -0.454 e. The van der Waals surface area contributed by atoms with Crippen molar-refractivity contribution in [3.05, 3.63) is 59.2 Å². The summed E-state index contributed by atoms with van der Waals surface area (Å²) in [5, 5.41) is 0. The average molecular weight is 380 g/mol. The van der Waals surface area contributed by atoms with Crippen LogP contribution in [0.2, 0.25) is 0 Å². The van der Waals surface area contributed by atoms with Crippen molar-refractivity contribution >= 4 is 11.8 Å². The molecule has 2 amide bonds. The van der Waals surface area contributed by atoms with Crippen LogP contribution in [0.15, 0.2) is 42.5 Å². The van der Waals surface area contributed by atoms with E-state index in [2.05, 4.69) is 0 Å². The van der Waals surface area contributed by atoms with Gasteiger partial charge in [-0.25, -0.2) is 0 Å². The van der Waals surface area contributed by atoms with E-state index in [4.69, 9.17) is 9.47 Å². The van der Waals surface area contributed by atoms with Gasteiger partial charge in [0, 0.05) is 38.2 Å². The molecule has 0 spiro atoms. The maximum atomic E-state index is 12.6. The van der Waals surface area contributed by atoms with Crippen molar-refractivity contribution in [1.82, 2.24) is 9.80 Å². The summed E-state index contributed by atoms with van der Waals surface area (Å²) in [5.74, 6) is 1.66. The Hall–Kier alpha value is -3.02. The van der Waals surface area contributed by atoms with Gasteiger partial charge in [0.2, 0.25) is 12.7 Å². The van der Waals surface area contributed by atoms with Crippen molar-refractivity contribution in [2.24, 2.45) is 0 Å². The molecule has 0 bridgehead atoms. The molecule has 146 valence electrons. The number of carbonyl (C=O) groups is 2. The van der Waals surface area contributed by atoms with Gasteiger partial charge in [0.1, 0.15) is 0 Å². The first-order chi connectivity index (χ1) is 13.6. The Morgan fingerprint density at radius 3 is 2.46 bits per heavy atom. The zero-order valence-corrected chi connectivity index (χ0v) is 16.0. The van der Waals surface area contributed by atoms with Crippen molar-refractivity contribution < 1.29 is 19.1 Å². The van der Waals surface area contributed by atoms with E-state index >= 15 is 0 Å². The van der Waals surface area contributed by atoms with Gasteiger partial charge in [-0.2, -0.15) is 0 Å². The predicted molar refractivity (Wildman–Crippen MR) is 105 cm³/mol. The molecule has 2 aliphatic heterocycles. The fraction of sp³-hybridized carbons (Fsp3) is 0.364. The predicted octanol–water partition coefficient (Wildman–Crippen LogP) is 2.64. The maximum absolute atomic E-state index is 12.6. The van der Waals surface area contributed by atoms with E-state index < -0.39 is 0 Å². The first-order valence-corrected chi connectivity index (χ1v) is 9.62. The van der Waals surface area contributed by atoms with E-state index in [9.17, 15) is 9.59 Å². The van der Waals surface area contributed by atoms with Crippen molar-refractivity contribution in [1.29, 1.82) is 0 Å². The van der Waals surface area contributed by atoms with Gasteiger partial charge < -0.3 is 19.3 Å². The molecular formula is C22H24N2O4. The van der Waals surface area contributed by atoms with Crippen molar-refractivity contribution in [3.8, 4) is 11.5 Å². The maximum Gasteiger partial charge on any atom is 0.253 e. The molecule has 0 aliphatic carbocycles. The normalized spacial score (nSPS) is 15.6. The van der Waals surface area contributed by atoms with Crippen LogP contribution in [0.3, 0.4) is 0 Å². The highest BCUT2D eigenvalue weighted by Gasteiger charge is 2.25. The highest BCUT2D eigenvalue weighted by molar-refractivity contribution is 5.94. The van der Waals surface area contributed by atoms with Gasteiger partial charge in [-0.1, -0.05) is 23.8 Å². The van der Waals surface area contributed by atoms with Crippen molar-refractivity contribution in [3.63, 3.8) is 0 Å². The number of aryl methyl sites for hydroxylation is 2. The minimum atomic E-state index is 0.0381. The number of amides is 2. The monoisotopic (exact) mass is 380 g/mol. The Labute approximate surface area is 164 Å². The van der Waals surface area contributed by atoms with E-state index in [0.717, 1.165) is 22.6 Å². The number of fused-ring (bicyclic) bond motifs is 1. The molecule has 2 heterocycles. The molecule has 28 heavy (non-hydrogen) atoms. The number of benzene rings is 2. The fourth-order valence-electron chi connectivity index (χ4n) is 3.63. The Morgan fingerprint density at radius 1 is 0.929 bits per heavy atom. The lowest BCUT2D eigenvalue weighted by molar-refractivity contribution is -0.132. The van der Waals surface area contributed by atoms with Crippen LogP contribution in [0.1, 0.15) is 27.9 Å². The summed E-state index contributed by atoms with van der Waals surface area (Å²) in [5.41, 5.74) is 2.84. The second-order valence-corrected chi connectivity index (χ2v) is 7.23. The van der Waals surface area contributed by atoms with Crippen LogP contribution in [-0.4, -0.2) is 54.6 Å². The van der Waals surface area contributed by atoms with Gasteiger partial charge >= 0.3 is 0 Å². The zero-order chi connectivity index (χ0) is 19.5. The van der Waals surface area contributed by atoms with Gasteiger partial charge in [-0.15, -0.1) is 0 Å². The molecule has 4 rings (SSSR count). The highest BCUT2D eigenvalue weighted by atomic mass is 16.7. The molecule has 0 saturated carbocycles. The SMILES string of the molecule is Cc1cccc(C(=O)N2CCN(C(=O)CCc3ccc4c(c3)OCO4)CC2)c1. The van der Waals surface area contributed by atoms with E-state index in [1.54, 1.807) is 0 Å². The topological polar surface area (TPSA) is 59.1 Å². The summed E-state index contributed by atoms with van der Waals surface area (Å²) in [7, 11) is 0. The Balaban J connectivity index is 1.27. The molecule has 1 fully saturated rings. The summed E-state index contributed by atoms with van der Waals surface area (Å²) in [6.45, 7) is 4.54. The molecule has 2 aromatic rings. The third-order valence-corrected chi connectivity index (χ3v) is 5.25. The molecule has 0 atom stereocenters. The molecule has 2 aliphatic rings. The molecule has 0 radical (unpaired) electrons. The quantitative estimate of drug-likeness (QED) is 0.818. The van der Waals surface area contributed by atoms with E-state index in [1.165, 1.54) is 0 Å². The second kappa shape index (κ2) is 7.92. The lowest BCUT2D eigenvalue weighted by Gasteiger charge is -2.35.